The molecule has 0 radical (unpaired) electrons. The second-order valence-electron chi connectivity index (χ2n) is 4.79. The van der Waals surface area contributed by atoms with Crippen molar-refractivity contribution in [2.24, 2.45) is 0 Å². The Morgan fingerprint density at radius 1 is 1.23 bits per heavy atom. The van der Waals surface area contributed by atoms with Gasteiger partial charge in [0.05, 0.1) is 28.6 Å². The molecule has 0 spiro atoms. The highest BCUT2D eigenvalue weighted by Crippen LogP contribution is 2.21. The van der Waals surface area contributed by atoms with E-state index in [4.69, 9.17) is 0 Å². The van der Waals surface area contributed by atoms with Crippen molar-refractivity contribution in [2.45, 2.75) is 13.0 Å². The zero-order valence-electron chi connectivity index (χ0n) is 11.7. The van der Waals surface area contributed by atoms with Gasteiger partial charge in [-0.3, -0.25) is 4.79 Å². The molecule has 22 heavy (non-hydrogen) atoms. The molecule has 112 valence electrons. The van der Waals surface area contributed by atoms with Crippen LogP contribution in [-0.2, 0) is 17.8 Å². The summed E-state index contributed by atoms with van der Waals surface area (Å²) in [5, 5.41) is 7.22. The van der Waals surface area contributed by atoms with Crippen LogP contribution in [-0.4, -0.2) is 15.7 Å². The third kappa shape index (κ3) is 3.84. The summed E-state index contributed by atoms with van der Waals surface area (Å²) in [5.74, 6) is -0.00265. The molecular formula is C16H14BrN3OS. The van der Waals surface area contributed by atoms with Gasteiger partial charge in [0.25, 0.3) is 0 Å². The molecule has 0 aliphatic heterocycles. The third-order valence-electron chi connectivity index (χ3n) is 3.11. The molecule has 0 unspecified atom stereocenters. The van der Waals surface area contributed by atoms with Gasteiger partial charge in [0.2, 0.25) is 5.91 Å². The average molecular weight is 376 g/mol. The number of nitrogens with zero attached hydrogens (tertiary/aromatic N) is 2. The highest BCUT2D eigenvalue weighted by molar-refractivity contribution is 9.11. The fourth-order valence-electron chi connectivity index (χ4n) is 2.05. The predicted molar refractivity (Wildman–Crippen MR) is 91.1 cm³/mol. The molecule has 3 aromatic rings. The van der Waals surface area contributed by atoms with Gasteiger partial charge in [0, 0.05) is 11.1 Å². The molecule has 0 aliphatic rings. The first-order valence-corrected chi connectivity index (χ1v) is 8.41. The summed E-state index contributed by atoms with van der Waals surface area (Å²) in [6.45, 7) is 0.557. The molecule has 6 heteroatoms. The second-order valence-corrected chi connectivity index (χ2v) is 7.34. The van der Waals surface area contributed by atoms with Crippen LogP contribution in [0.2, 0.25) is 0 Å². The number of carbonyl (C=O) groups is 1. The lowest BCUT2D eigenvalue weighted by Crippen LogP contribution is -2.23. The molecule has 0 fully saturated rings. The lowest BCUT2D eigenvalue weighted by Gasteiger charge is -2.02. The van der Waals surface area contributed by atoms with E-state index in [0.29, 0.717) is 13.0 Å². The number of para-hydroxylation sites is 1. The zero-order valence-corrected chi connectivity index (χ0v) is 14.1. The third-order valence-corrected chi connectivity index (χ3v) is 4.73. The highest BCUT2D eigenvalue weighted by atomic mass is 79.9. The molecule has 3 rings (SSSR count). The maximum Gasteiger partial charge on any atom is 0.224 e. The van der Waals surface area contributed by atoms with Crippen LogP contribution < -0.4 is 5.32 Å². The summed E-state index contributed by atoms with van der Waals surface area (Å²) < 4.78 is 2.85. The number of rotatable bonds is 5. The molecule has 0 saturated carbocycles. The number of thiophene rings is 1. The molecule has 0 bridgehead atoms. The molecule has 2 heterocycles. The van der Waals surface area contributed by atoms with E-state index in [1.54, 1.807) is 22.2 Å². The van der Waals surface area contributed by atoms with Crippen LogP contribution in [0.1, 0.15) is 10.4 Å². The molecule has 1 aromatic carbocycles. The van der Waals surface area contributed by atoms with Gasteiger partial charge in [0.1, 0.15) is 0 Å². The van der Waals surface area contributed by atoms with Crippen LogP contribution in [0.4, 0.5) is 0 Å². The standard InChI is InChI=1S/C16H14BrN3OS/c17-15-7-6-14(22-15)10-18-16(21)8-12-9-19-20(11-12)13-4-2-1-3-5-13/h1-7,9,11H,8,10H2,(H,18,21). The highest BCUT2D eigenvalue weighted by Gasteiger charge is 2.07. The maximum atomic E-state index is 12.0. The van der Waals surface area contributed by atoms with Gasteiger partial charge in [-0.05, 0) is 45.8 Å². The molecule has 4 nitrogen and oxygen atoms in total. The molecule has 0 saturated heterocycles. The summed E-state index contributed by atoms with van der Waals surface area (Å²) in [4.78, 5) is 13.1. The van der Waals surface area contributed by atoms with Crippen molar-refractivity contribution in [1.29, 1.82) is 0 Å². The molecule has 1 amide bonds. The fraction of sp³-hybridized carbons (Fsp3) is 0.125. The minimum atomic E-state index is -0.00265. The smallest absolute Gasteiger partial charge is 0.224 e. The van der Waals surface area contributed by atoms with Gasteiger partial charge in [-0.1, -0.05) is 18.2 Å². The minimum Gasteiger partial charge on any atom is -0.351 e. The van der Waals surface area contributed by atoms with Crippen LogP contribution in [0.25, 0.3) is 5.69 Å². The van der Waals surface area contributed by atoms with E-state index >= 15 is 0 Å². The zero-order chi connectivity index (χ0) is 15.4. The normalized spacial score (nSPS) is 10.6. The Kier molecular flexibility index (Phi) is 4.70. The summed E-state index contributed by atoms with van der Waals surface area (Å²) in [6, 6.07) is 13.8. The van der Waals surface area contributed by atoms with E-state index in [1.165, 1.54) is 0 Å². The summed E-state index contributed by atoms with van der Waals surface area (Å²) >= 11 is 5.04. The van der Waals surface area contributed by atoms with Gasteiger partial charge in [-0.25, -0.2) is 4.68 Å². The lowest BCUT2D eigenvalue weighted by atomic mass is 10.2. The first-order chi connectivity index (χ1) is 10.7. The van der Waals surface area contributed by atoms with Crippen LogP contribution in [0.15, 0.2) is 58.6 Å². The largest absolute Gasteiger partial charge is 0.351 e. The van der Waals surface area contributed by atoms with E-state index in [-0.39, 0.29) is 5.91 Å². The molecule has 0 aliphatic carbocycles. The number of halogens is 1. The number of carbonyl (C=O) groups excluding carboxylic acids is 1. The van der Waals surface area contributed by atoms with E-state index in [9.17, 15) is 4.79 Å². The van der Waals surface area contributed by atoms with Gasteiger partial charge >= 0.3 is 0 Å². The van der Waals surface area contributed by atoms with Gasteiger partial charge in [-0.2, -0.15) is 5.10 Å². The number of aromatic nitrogens is 2. The Balaban J connectivity index is 1.57. The number of hydrogen-bond acceptors (Lipinski definition) is 3. The van der Waals surface area contributed by atoms with Crippen LogP contribution in [0.3, 0.4) is 0 Å². The Morgan fingerprint density at radius 3 is 2.77 bits per heavy atom. The summed E-state index contributed by atoms with van der Waals surface area (Å²) in [7, 11) is 0. The van der Waals surface area contributed by atoms with Gasteiger partial charge in [-0.15, -0.1) is 11.3 Å². The van der Waals surface area contributed by atoms with E-state index < -0.39 is 0 Å². The van der Waals surface area contributed by atoms with Crippen molar-refractivity contribution in [3.63, 3.8) is 0 Å². The van der Waals surface area contributed by atoms with Crippen molar-refractivity contribution >= 4 is 33.2 Å². The Morgan fingerprint density at radius 2 is 2.05 bits per heavy atom. The van der Waals surface area contributed by atoms with Crippen molar-refractivity contribution < 1.29 is 4.79 Å². The summed E-state index contributed by atoms with van der Waals surface area (Å²) in [5.41, 5.74) is 1.88. The molecule has 2 aromatic heterocycles. The van der Waals surface area contributed by atoms with Crippen LogP contribution in [0, 0.1) is 0 Å². The monoisotopic (exact) mass is 375 g/mol. The van der Waals surface area contributed by atoms with E-state index in [2.05, 4.69) is 26.3 Å². The van der Waals surface area contributed by atoms with E-state index in [1.807, 2.05) is 48.7 Å². The number of amides is 1. The first kappa shape index (κ1) is 15.0. The topological polar surface area (TPSA) is 46.9 Å². The minimum absolute atomic E-state index is 0.00265. The Labute approximate surface area is 140 Å². The predicted octanol–water partition coefficient (Wildman–Crippen LogP) is 3.56. The average Bonchev–Trinajstić information content (AvgIpc) is 3.15. The van der Waals surface area contributed by atoms with E-state index in [0.717, 1.165) is 19.9 Å². The Bertz CT molecular complexity index is 767. The SMILES string of the molecule is O=C(Cc1cnn(-c2ccccc2)c1)NCc1ccc(Br)s1. The van der Waals surface area contributed by atoms with Gasteiger partial charge < -0.3 is 5.32 Å². The van der Waals surface area contributed by atoms with Crippen molar-refractivity contribution in [1.82, 2.24) is 15.1 Å². The van der Waals surface area contributed by atoms with Gasteiger partial charge in [0.15, 0.2) is 0 Å². The molecule has 0 atom stereocenters. The number of nitrogens with one attached hydrogen (secondary N) is 1. The van der Waals surface area contributed by atoms with Crippen molar-refractivity contribution in [2.75, 3.05) is 0 Å². The number of hydrogen-bond donors (Lipinski definition) is 1. The second kappa shape index (κ2) is 6.89. The molecule has 1 N–H and O–H groups in total. The maximum absolute atomic E-state index is 12.0. The van der Waals surface area contributed by atoms with Crippen molar-refractivity contribution in [3.05, 3.63) is 69.1 Å². The quantitative estimate of drug-likeness (QED) is 0.740. The molecular weight excluding hydrogens is 362 g/mol. The van der Waals surface area contributed by atoms with Crippen LogP contribution >= 0.6 is 27.3 Å². The van der Waals surface area contributed by atoms with Crippen molar-refractivity contribution in [3.8, 4) is 5.69 Å². The lowest BCUT2D eigenvalue weighted by molar-refractivity contribution is -0.120. The number of benzene rings is 1. The summed E-state index contributed by atoms with van der Waals surface area (Å²) in [6.07, 6.45) is 3.95. The fourth-order valence-corrected chi connectivity index (χ4v) is 3.48. The first-order valence-electron chi connectivity index (χ1n) is 6.80. The van der Waals surface area contributed by atoms with Crippen LogP contribution in [0.5, 0.6) is 0 Å². The Hall–Kier alpha value is -1.92.